The summed E-state index contributed by atoms with van der Waals surface area (Å²) < 4.78 is 4.60. The summed E-state index contributed by atoms with van der Waals surface area (Å²) in [6.45, 7) is 6.43. The van der Waals surface area contributed by atoms with E-state index in [9.17, 15) is 14.9 Å². The van der Waals surface area contributed by atoms with Crippen LogP contribution in [0.5, 0.6) is 0 Å². The molecule has 8 heteroatoms. The third-order valence-corrected chi connectivity index (χ3v) is 5.16. The Kier molecular flexibility index (Phi) is 5.60. The van der Waals surface area contributed by atoms with E-state index in [0.717, 1.165) is 19.5 Å². The highest BCUT2D eigenvalue weighted by Gasteiger charge is 2.30. The first-order valence-corrected chi connectivity index (χ1v) is 9.10. The zero-order chi connectivity index (χ0) is 20.3. The Hall–Kier alpha value is -3.00. The predicted molar refractivity (Wildman–Crippen MR) is 105 cm³/mol. The van der Waals surface area contributed by atoms with Crippen LogP contribution in [0.3, 0.4) is 0 Å². The Labute approximate surface area is 163 Å². The fraction of sp³-hybridized carbons (Fsp3) is 0.400. The smallest absolute Gasteiger partial charge is 0.339 e. The van der Waals surface area contributed by atoms with Crippen molar-refractivity contribution in [3.05, 3.63) is 63.3 Å². The minimum Gasteiger partial charge on any atom is -0.465 e. The summed E-state index contributed by atoms with van der Waals surface area (Å²) in [5.74, 6) is -0.516. The van der Waals surface area contributed by atoms with E-state index in [4.69, 9.17) is 0 Å². The first kappa shape index (κ1) is 19.8. The molecule has 1 aliphatic rings. The first-order valence-electron chi connectivity index (χ1n) is 9.10. The van der Waals surface area contributed by atoms with Gasteiger partial charge in [-0.2, -0.15) is 0 Å². The van der Waals surface area contributed by atoms with Gasteiger partial charge in [-0.15, -0.1) is 0 Å². The Bertz CT molecular complexity index is 898. The quantitative estimate of drug-likeness (QED) is 0.464. The minimum atomic E-state index is -0.658. The number of methoxy groups -OCH3 is 1. The number of carbonyl (C=O) groups excluding carboxylic acids is 1. The monoisotopic (exact) mass is 384 g/mol. The lowest BCUT2D eigenvalue weighted by Gasteiger charge is -2.41. The number of anilines is 1. The molecule has 2 heterocycles. The number of rotatable bonds is 6. The summed E-state index contributed by atoms with van der Waals surface area (Å²) in [6.07, 6.45) is 2.26. The van der Waals surface area contributed by atoms with Crippen LogP contribution in [0.25, 0.3) is 0 Å². The van der Waals surface area contributed by atoms with Gasteiger partial charge in [0, 0.05) is 37.4 Å². The van der Waals surface area contributed by atoms with Crippen molar-refractivity contribution in [2.24, 2.45) is 0 Å². The molecule has 8 nitrogen and oxygen atoms in total. The van der Waals surface area contributed by atoms with Gasteiger partial charge in [0.15, 0.2) is 0 Å². The zero-order valence-electron chi connectivity index (χ0n) is 16.3. The zero-order valence-corrected chi connectivity index (χ0v) is 16.3. The third kappa shape index (κ3) is 4.12. The molecule has 0 bridgehead atoms. The largest absolute Gasteiger partial charge is 0.465 e. The van der Waals surface area contributed by atoms with Crippen LogP contribution < -0.4 is 5.32 Å². The SMILES string of the molecule is COC(=O)c1cnc(NCC(C)(C)N2CCc3ccccc3C2)c([N+](=O)[O-])c1. The maximum absolute atomic E-state index is 11.6. The van der Waals surface area contributed by atoms with Crippen molar-refractivity contribution in [2.75, 3.05) is 25.5 Å². The number of carbonyl (C=O) groups is 1. The highest BCUT2D eigenvalue weighted by molar-refractivity contribution is 5.90. The molecule has 0 fully saturated rings. The molecule has 0 spiro atoms. The molecule has 148 valence electrons. The Morgan fingerprint density at radius 3 is 2.75 bits per heavy atom. The normalized spacial score (nSPS) is 14.2. The lowest BCUT2D eigenvalue weighted by atomic mass is 9.94. The Morgan fingerprint density at radius 2 is 2.07 bits per heavy atom. The number of ether oxygens (including phenoxy) is 1. The van der Waals surface area contributed by atoms with E-state index >= 15 is 0 Å². The maximum atomic E-state index is 11.6. The summed E-state index contributed by atoms with van der Waals surface area (Å²) in [5, 5.41) is 14.5. The van der Waals surface area contributed by atoms with E-state index in [-0.39, 0.29) is 22.6 Å². The lowest BCUT2D eigenvalue weighted by Crippen LogP contribution is -2.50. The Balaban J connectivity index is 1.74. The van der Waals surface area contributed by atoms with Crippen LogP contribution in [0.4, 0.5) is 11.5 Å². The van der Waals surface area contributed by atoms with Gasteiger partial charge in [-0.1, -0.05) is 24.3 Å². The molecule has 0 aliphatic carbocycles. The van der Waals surface area contributed by atoms with E-state index < -0.39 is 10.9 Å². The van der Waals surface area contributed by atoms with Crippen molar-refractivity contribution >= 4 is 17.5 Å². The molecule has 3 rings (SSSR count). The molecule has 2 aromatic rings. The second-order valence-corrected chi connectivity index (χ2v) is 7.45. The number of nitrogens with zero attached hydrogens (tertiary/aromatic N) is 3. The van der Waals surface area contributed by atoms with Gasteiger partial charge < -0.3 is 10.1 Å². The molecule has 28 heavy (non-hydrogen) atoms. The first-order chi connectivity index (χ1) is 13.3. The standard InChI is InChI=1S/C20H24N4O4/c1-20(2,23-9-8-14-6-4-5-7-15(14)12-23)13-22-18-17(24(26)27)10-16(11-21-18)19(25)28-3/h4-7,10-11H,8-9,12-13H2,1-3H3,(H,21,22). The molecule has 1 N–H and O–H groups in total. The number of nitrogens with one attached hydrogen (secondary N) is 1. The summed E-state index contributed by atoms with van der Waals surface area (Å²) in [6, 6.07) is 9.59. The predicted octanol–water partition coefficient (Wildman–Crippen LogP) is 3.03. The Morgan fingerprint density at radius 1 is 1.36 bits per heavy atom. The minimum absolute atomic E-state index is 0.0478. The molecule has 0 radical (unpaired) electrons. The number of esters is 1. The van der Waals surface area contributed by atoms with Crippen molar-refractivity contribution in [1.29, 1.82) is 0 Å². The maximum Gasteiger partial charge on any atom is 0.339 e. The van der Waals surface area contributed by atoms with Crippen LogP contribution in [0.2, 0.25) is 0 Å². The molecular weight excluding hydrogens is 360 g/mol. The van der Waals surface area contributed by atoms with Gasteiger partial charge in [-0.3, -0.25) is 15.0 Å². The molecule has 0 atom stereocenters. The molecular formula is C20H24N4O4. The van der Waals surface area contributed by atoms with Crippen LogP contribution in [-0.4, -0.2) is 46.5 Å². The van der Waals surface area contributed by atoms with Gasteiger partial charge in [0.2, 0.25) is 5.82 Å². The van der Waals surface area contributed by atoms with Crippen molar-refractivity contribution in [3.63, 3.8) is 0 Å². The van der Waals surface area contributed by atoms with Gasteiger partial charge >= 0.3 is 11.7 Å². The topological polar surface area (TPSA) is 97.6 Å². The molecule has 0 saturated carbocycles. The van der Waals surface area contributed by atoms with Crippen LogP contribution in [0, 0.1) is 10.1 Å². The van der Waals surface area contributed by atoms with E-state index in [1.165, 1.54) is 30.5 Å². The van der Waals surface area contributed by atoms with Crippen molar-refractivity contribution in [3.8, 4) is 0 Å². The fourth-order valence-corrected chi connectivity index (χ4v) is 3.38. The van der Waals surface area contributed by atoms with Crippen molar-refractivity contribution in [1.82, 2.24) is 9.88 Å². The average Bonchev–Trinajstić information content (AvgIpc) is 2.71. The van der Waals surface area contributed by atoms with Crippen molar-refractivity contribution < 1.29 is 14.5 Å². The van der Waals surface area contributed by atoms with Gasteiger partial charge in [-0.25, -0.2) is 9.78 Å². The number of hydrogen-bond donors (Lipinski definition) is 1. The highest BCUT2D eigenvalue weighted by Crippen LogP contribution is 2.28. The summed E-state index contributed by atoms with van der Waals surface area (Å²) in [4.78, 5) is 28.9. The van der Waals surface area contributed by atoms with E-state index in [2.05, 4.69) is 52.0 Å². The third-order valence-electron chi connectivity index (χ3n) is 5.16. The second-order valence-electron chi connectivity index (χ2n) is 7.45. The number of pyridine rings is 1. The highest BCUT2D eigenvalue weighted by atomic mass is 16.6. The second kappa shape index (κ2) is 7.93. The van der Waals surface area contributed by atoms with E-state index in [1.807, 2.05) is 6.07 Å². The lowest BCUT2D eigenvalue weighted by molar-refractivity contribution is -0.384. The van der Waals surface area contributed by atoms with Crippen LogP contribution in [0.15, 0.2) is 36.5 Å². The van der Waals surface area contributed by atoms with Gasteiger partial charge in [0.25, 0.3) is 0 Å². The molecule has 0 unspecified atom stereocenters. The fourth-order valence-electron chi connectivity index (χ4n) is 3.38. The molecule has 0 saturated heterocycles. The number of hydrogen-bond acceptors (Lipinski definition) is 7. The van der Waals surface area contributed by atoms with Crippen LogP contribution in [-0.2, 0) is 17.7 Å². The number of benzene rings is 1. The number of aromatic nitrogens is 1. The van der Waals surface area contributed by atoms with E-state index in [1.54, 1.807) is 0 Å². The van der Waals surface area contributed by atoms with Crippen LogP contribution >= 0.6 is 0 Å². The molecule has 1 aromatic heterocycles. The van der Waals surface area contributed by atoms with Gasteiger partial charge in [0.1, 0.15) is 0 Å². The van der Waals surface area contributed by atoms with Crippen LogP contribution in [0.1, 0.15) is 35.3 Å². The number of nitro groups is 1. The number of fused-ring (bicyclic) bond motifs is 1. The summed E-state index contributed by atoms with van der Waals surface area (Å²) in [7, 11) is 1.22. The van der Waals surface area contributed by atoms with Gasteiger partial charge in [-0.05, 0) is 31.4 Å². The summed E-state index contributed by atoms with van der Waals surface area (Å²) >= 11 is 0. The average molecular weight is 384 g/mol. The van der Waals surface area contributed by atoms with Gasteiger partial charge in [0.05, 0.1) is 17.6 Å². The summed E-state index contributed by atoms with van der Waals surface area (Å²) in [5.41, 5.74) is 2.24. The van der Waals surface area contributed by atoms with E-state index in [0.29, 0.717) is 6.54 Å². The molecule has 0 amide bonds. The molecule has 1 aromatic carbocycles. The van der Waals surface area contributed by atoms with Crippen molar-refractivity contribution in [2.45, 2.75) is 32.4 Å². The molecule has 1 aliphatic heterocycles.